The quantitative estimate of drug-likeness (QED) is 0.661. The van der Waals surface area contributed by atoms with E-state index in [9.17, 15) is 0 Å². The SMILES string of the molecule is CC(C)OCCCN[C@@H]1CCCC[C@@H]1N. The normalized spacial score (nSPS) is 27.2. The van der Waals surface area contributed by atoms with Crippen LogP contribution in [-0.4, -0.2) is 31.3 Å². The van der Waals surface area contributed by atoms with Crippen molar-refractivity contribution in [2.75, 3.05) is 13.2 Å². The van der Waals surface area contributed by atoms with Gasteiger partial charge in [0.2, 0.25) is 0 Å². The Hall–Kier alpha value is -0.120. The summed E-state index contributed by atoms with van der Waals surface area (Å²) in [4.78, 5) is 0. The first kappa shape index (κ1) is 12.9. The van der Waals surface area contributed by atoms with Crippen molar-refractivity contribution in [3.05, 3.63) is 0 Å². The molecule has 3 N–H and O–H groups in total. The van der Waals surface area contributed by atoms with E-state index >= 15 is 0 Å². The van der Waals surface area contributed by atoms with Gasteiger partial charge in [-0.25, -0.2) is 0 Å². The van der Waals surface area contributed by atoms with Gasteiger partial charge in [-0.15, -0.1) is 0 Å². The molecule has 0 heterocycles. The van der Waals surface area contributed by atoms with Gasteiger partial charge in [0.25, 0.3) is 0 Å². The third-order valence-corrected chi connectivity index (χ3v) is 3.00. The molecule has 0 bridgehead atoms. The molecule has 90 valence electrons. The molecule has 0 amide bonds. The lowest BCUT2D eigenvalue weighted by Crippen LogP contribution is -2.47. The number of hydrogen-bond donors (Lipinski definition) is 2. The van der Waals surface area contributed by atoms with Crippen molar-refractivity contribution in [3.63, 3.8) is 0 Å². The van der Waals surface area contributed by atoms with Crippen LogP contribution in [0.15, 0.2) is 0 Å². The zero-order chi connectivity index (χ0) is 11.1. The second-order valence-corrected chi connectivity index (χ2v) is 4.78. The summed E-state index contributed by atoms with van der Waals surface area (Å²) < 4.78 is 5.49. The molecular weight excluding hydrogens is 188 g/mol. The van der Waals surface area contributed by atoms with E-state index < -0.39 is 0 Å². The van der Waals surface area contributed by atoms with Crippen LogP contribution >= 0.6 is 0 Å². The smallest absolute Gasteiger partial charge is 0.0518 e. The molecule has 0 unspecified atom stereocenters. The van der Waals surface area contributed by atoms with Gasteiger partial charge in [0.1, 0.15) is 0 Å². The molecule has 0 aromatic rings. The maximum atomic E-state index is 6.05. The molecule has 2 atom stereocenters. The summed E-state index contributed by atoms with van der Waals surface area (Å²) in [6.07, 6.45) is 6.49. The fraction of sp³-hybridized carbons (Fsp3) is 1.00. The summed E-state index contributed by atoms with van der Waals surface area (Å²) in [5.74, 6) is 0. The van der Waals surface area contributed by atoms with Gasteiger partial charge in [0.15, 0.2) is 0 Å². The molecule has 1 aliphatic rings. The van der Waals surface area contributed by atoms with Crippen molar-refractivity contribution in [2.24, 2.45) is 5.73 Å². The monoisotopic (exact) mass is 214 g/mol. The fourth-order valence-electron chi connectivity index (χ4n) is 2.09. The Morgan fingerprint density at radius 2 is 2.07 bits per heavy atom. The predicted octanol–water partition coefficient (Wildman–Crippen LogP) is 1.66. The summed E-state index contributed by atoms with van der Waals surface area (Å²) in [7, 11) is 0. The number of ether oxygens (including phenoxy) is 1. The fourth-order valence-corrected chi connectivity index (χ4v) is 2.09. The van der Waals surface area contributed by atoms with E-state index in [1.165, 1.54) is 25.7 Å². The Bertz CT molecular complexity index is 162. The molecule has 1 saturated carbocycles. The van der Waals surface area contributed by atoms with Gasteiger partial charge in [-0.05, 0) is 39.7 Å². The topological polar surface area (TPSA) is 47.3 Å². The van der Waals surface area contributed by atoms with Crippen LogP contribution in [0.5, 0.6) is 0 Å². The van der Waals surface area contributed by atoms with Crippen molar-refractivity contribution in [1.82, 2.24) is 5.32 Å². The molecular formula is C12H26N2O. The lowest BCUT2D eigenvalue weighted by molar-refractivity contribution is 0.0763. The highest BCUT2D eigenvalue weighted by atomic mass is 16.5. The first-order chi connectivity index (χ1) is 7.20. The van der Waals surface area contributed by atoms with Crippen molar-refractivity contribution in [3.8, 4) is 0 Å². The highest BCUT2D eigenvalue weighted by molar-refractivity contribution is 4.83. The Morgan fingerprint density at radius 3 is 2.73 bits per heavy atom. The van der Waals surface area contributed by atoms with E-state index in [-0.39, 0.29) is 0 Å². The van der Waals surface area contributed by atoms with Crippen LogP contribution < -0.4 is 11.1 Å². The van der Waals surface area contributed by atoms with Crippen molar-refractivity contribution in [2.45, 2.75) is 64.1 Å². The van der Waals surface area contributed by atoms with Gasteiger partial charge in [0, 0.05) is 18.7 Å². The lowest BCUT2D eigenvalue weighted by Gasteiger charge is -2.29. The highest BCUT2D eigenvalue weighted by Gasteiger charge is 2.20. The molecule has 1 fully saturated rings. The number of hydrogen-bond acceptors (Lipinski definition) is 3. The Balaban J connectivity index is 1.99. The van der Waals surface area contributed by atoms with Crippen molar-refractivity contribution >= 4 is 0 Å². The summed E-state index contributed by atoms with van der Waals surface area (Å²) in [6, 6.07) is 0.905. The largest absolute Gasteiger partial charge is 0.379 e. The minimum absolute atomic E-state index is 0.349. The third-order valence-electron chi connectivity index (χ3n) is 3.00. The van der Waals surface area contributed by atoms with E-state index in [4.69, 9.17) is 10.5 Å². The molecule has 3 nitrogen and oxygen atoms in total. The molecule has 3 heteroatoms. The molecule has 0 aromatic heterocycles. The van der Waals surface area contributed by atoms with E-state index in [2.05, 4.69) is 19.2 Å². The van der Waals surface area contributed by atoms with Crippen LogP contribution in [0.25, 0.3) is 0 Å². The van der Waals surface area contributed by atoms with E-state index in [1.54, 1.807) is 0 Å². The molecule has 1 rings (SSSR count). The van der Waals surface area contributed by atoms with Crippen LogP contribution in [0, 0.1) is 0 Å². The number of nitrogens with one attached hydrogen (secondary N) is 1. The molecule has 0 aliphatic heterocycles. The Kier molecular flexibility index (Phi) is 6.22. The number of rotatable bonds is 6. The Morgan fingerprint density at radius 1 is 1.33 bits per heavy atom. The van der Waals surface area contributed by atoms with Crippen LogP contribution in [0.4, 0.5) is 0 Å². The number of nitrogens with two attached hydrogens (primary N) is 1. The van der Waals surface area contributed by atoms with Gasteiger partial charge in [-0.1, -0.05) is 12.8 Å². The summed E-state index contributed by atoms with van der Waals surface area (Å²) in [5, 5.41) is 3.54. The zero-order valence-corrected chi connectivity index (χ0v) is 10.2. The van der Waals surface area contributed by atoms with Crippen LogP contribution in [-0.2, 0) is 4.74 Å². The van der Waals surface area contributed by atoms with Crippen LogP contribution in [0.3, 0.4) is 0 Å². The lowest BCUT2D eigenvalue weighted by atomic mass is 9.91. The second-order valence-electron chi connectivity index (χ2n) is 4.78. The first-order valence-corrected chi connectivity index (χ1v) is 6.30. The summed E-state index contributed by atoms with van der Waals surface area (Å²) in [6.45, 7) is 6.03. The molecule has 0 aromatic carbocycles. The molecule has 0 radical (unpaired) electrons. The second kappa shape index (κ2) is 7.20. The van der Waals surface area contributed by atoms with E-state index in [0.717, 1.165) is 19.6 Å². The first-order valence-electron chi connectivity index (χ1n) is 6.30. The van der Waals surface area contributed by atoms with Crippen LogP contribution in [0.1, 0.15) is 46.0 Å². The zero-order valence-electron chi connectivity index (χ0n) is 10.2. The highest BCUT2D eigenvalue weighted by Crippen LogP contribution is 2.16. The average Bonchev–Trinajstić information content (AvgIpc) is 2.20. The molecule has 0 spiro atoms. The van der Waals surface area contributed by atoms with Crippen molar-refractivity contribution < 1.29 is 4.74 Å². The molecule has 15 heavy (non-hydrogen) atoms. The van der Waals surface area contributed by atoms with E-state index in [1.807, 2.05) is 0 Å². The predicted molar refractivity (Wildman–Crippen MR) is 63.9 cm³/mol. The maximum Gasteiger partial charge on any atom is 0.0518 e. The van der Waals surface area contributed by atoms with E-state index in [0.29, 0.717) is 18.2 Å². The minimum atomic E-state index is 0.349. The third kappa shape index (κ3) is 5.50. The van der Waals surface area contributed by atoms with Crippen LogP contribution in [0.2, 0.25) is 0 Å². The standard InChI is InChI=1S/C12H26N2O/c1-10(2)15-9-5-8-14-12-7-4-3-6-11(12)13/h10-12,14H,3-9,13H2,1-2H3/t11-,12+/m0/s1. The summed E-state index contributed by atoms with van der Waals surface area (Å²) >= 11 is 0. The van der Waals surface area contributed by atoms with Gasteiger partial charge in [-0.2, -0.15) is 0 Å². The van der Waals surface area contributed by atoms with Gasteiger partial charge >= 0.3 is 0 Å². The van der Waals surface area contributed by atoms with Crippen molar-refractivity contribution in [1.29, 1.82) is 0 Å². The average molecular weight is 214 g/mol. The maximum absolute atomic E-state index is 6.05. The van der Waals surface area contributed by atoms with Gasteiger partial charge < -0.3 is 15.8 Å². The van der Waals surface area contributed by atoms with Gasteiger partial charge in [0.05, 0.1) is 6.10 Å². The molecule has 0 saturated heterocycles. The summed E-state index contributed by atoms with van der Waals surface area (Å²) in [5.41, 5.74) is 6.05. The van der Waals surface area contributed by atoms with Gasteiger partial charge in [-0.3, -0.25) is 0 Å². The Labute approximate surface area is 93.8 Å². The minimum Gasteiger partial charge on any atom is -0.379 e. The molecule has 1 aliphatic carbocycles.